The van der Waals surface area contributed by atoms with Gasteiger partial charge in [-0.05, 0) is 55.7 Å². The molecular formula is C25H24FN5O4. The maximum atomic E-state index is 13.8. The predicted molar refractivity (Wildman–Crippen MR) is 127 cm³/mol. The second kappa shape index (κ2) is 8.86. The lowest BCUT2D eigenvalue weighted by Gasteiger charge is -2.29. The van der Waals surface area contributed by atoms with E-state index >= 15 is 0 Å². The number of halogens is 1. The number of carbonyl (C=O) groups is 3. The molecule has 35 heavy (non-hydrogen) atoms. The van der Waals surface area contributed by atoms with Crippen LogP contribution in [0.15, 0.2) is 42.5 Å². The minimum Gasteiger partial charge on any atom is -0.494 e. The predicted octanol–water partition coefficient (Wildman–Crippen LogP) is 2.84. The highest BCUT2D eigenvalue weighted by atomic mass is 19.1. The van der Waals surface area contributed by atoms with Gasteiger partial charge in [-0.1, -0.05) is 0 Å². The number of nitrogens with zero attached hydrogens (tertiary/aromatic N) is 4. The number of anilines is 2. The van der Waals surface area contributed by atoms with E-state index in [-0.39, 0.29) is 29.0 Å². The lowest BCUT2D eigenvalue weighted by atomic mass is 10.0. The molecule has 3 aromatic rings. The summed E-state index contributed by atoms with van der Waals surface area (Å²) in [6.45, 7) is 0.999. The average molecular weight is 477 g/mol. The number of fused-ring (bicyclic) bond motifs is 1. The van der Waals surface area contributed by atoms with Crippen molar-refractivity contribution >= 4 is 29.1 Å². The molecule has 0 spiro atoms. The summed E-state index contributed by atoms with van der Waals surface area (Å²) in [4.78, 5) is 41.4. The molecule has 1 saturated heterocycles. The quantitative estimate of drug-likeness (QED) is 0.608. The average Bonchev–Trinajstić information content (AvgIpc) is 3.25. The van der Waals surface area contributed by atoms with Gasteiger partial charge in [-0.2, -0.15) is 5.10 Å². The minimum atomic E-state index is -0.752. The summed E-state index contributed by atoms with van der Waals surface area (Å²) >= 11 is 0. The second-order valence-corrected chi connectivity index (χ2v) is 8.49. The molecule has 3 heterocycles. The molecule has 1 fully saturated rings. The van der Waals surface area contributed by atoms with E-state index in [1.54, 1.807) is 21.9 Å². The van der Waals surface area contributed by atoms with Crippen molar-refractivity contribution in [1.82, 2.24) is 9.78 Å². The summed E-state index contributed by atoms with van der Waals surface area (Å²) in [5.74, 6) is -1.38. The van der Waals surface area contributed by atoms with Crippen molar-refractivity contribution in [2.75, 3.05) is 30.0 Å². The first kappa shape index (κ1) is 22.6. The Bertz CT molecular complexity index is 1330. The number of carbonyl (C=O) groups excluding carboxylic acids is 3. The summed E-state index contributed by atoms with van der Waals surface area (Å²) < 4.78 is 20.4. The summed E-state index contributed by atoms with van der Waals surface area (Å²) in [5, 5.41) is 4.31. The van der Waals surface area contributed by atoms with Gasteiger partial charge in [0, 0.05) is 42.5 Å². The molecule has 10 heteroatoms. The Kier molecular flexibility index (Phi) is 5.72. The molecule has 9 nitrogen and oxygen atoms in total. The van der Waals surface area contributed by atoms with Crippen LogP contribution in [0.2, 0.25) is 0 Å². The van der Waals surface area contributed by atoms with Crippen LogP contribution in [0.25, 0.3) is 5.69 Å². The number of piperidine rings is 1. The van der Waals surface area contributed by atoms with E-state index in [1.807, 2.05) is 12.1 Å². The van der Waals surface area contributed by atoms with Gasteiger partial charge >= 0.3 is 0 Å². The van der Waals surface area contributed by atoms with Crippen molar-refractivity contribution in [3.8, 4) is 11.4 Å². The molecule has 1 aromatic heterocycles. The van der Waals surface area contributed by atoms with Gasteiger partial charge < -0.3 is 20.3 Å². The molecular weight excluding hydrogens is 453 g/mol. The number of nitrogens with two attached hydrogens (primary N) is 1. The standard InChI is InChI=1S/C25H24FN5O4/c1-35-20-14-15(26)5-10-19(20)31-23-18(22(28-31)24(27)33)11-13-30(25(23)34)17-8-6-16(7-9-17)29-12-3-2-4-21(29)32/h5-10,14H,2-4,11-13H2,1H3,(H2,27,33). The van der Waals surface area contributed by atoms with Crippen LogP contribution in [0.5, 0.6) is 5.75 Å². The lowest BCUT2D eigenvalue weighted by molar-refractivity contribution is -0.119. The molecule has 0 radical (unpaired) electrons. The van der Waals surface area contributed by atoms with E-state index in [4.69, 9.17) is 10.5 Å². The van der Waals surface area contributed by atoms with Crippen molar-refractivity contribution in [3.05, 3.63) is 65.2 Å². The highest BCUT2D eigenvalue weighted by Gasteiger charge is 2.35. The smallest absolute Gasteiger partial charge is 0.277 e. The van der Waals surface area contributed by atoms with Crippen LogP contribution in [0.1, 0.15) is 45.8 Å². The van der Waals surface area contributed by atoms with Crippen LogP contribution in [0.3, 0.4) is 0 Å². The molecule has 0 aliphatic carbocycles. The number of amides is 3. The molecule has 0 atom stereocenters. The van der Waals surface area contributed by atoms with Crippen LogP contribution in [0, 0.1) is 5.82 Å². The fraction of sp³-hybridized carbons (Fsp3) is 0.280. The number of methoxy groups -OCH3 is 1. The summed E-state index contributed by atoms with van der Waals surface area (Å²) in [5.41, 5.74) is 7.92. The Morgan fingerprint density at radius 3 is 2.37 bits per heavy atom. The molecule has 0 unspecified atom stereocenters. The third kappa shape index (κ3) is 3.90. The molecule has 2 aliphatic rings. The molecule has 180 valence electrons. The van der Waals surface area contributed by atoms with Crippen molar-refractivity contribution < 1.29 is 23.5 Å². The van der Waals surface area contributed by atoms with Crippen LogP contribution in [-0.4, -0.2) is 47.7 Å². The lowest BCUT2D eigenvalue weighted by Crippen LogP contribution is -2.39. The van der Waals surface area contributed by atoms with Gasteiger partial charge in [0.25, 0.3) is 11.8 Å². The van der Waals surface area contributed by atoms with Gasteiger partial charge in [0.2, 0.25) is 5.91 Å². The first-order valence-corrected chi connectivity index (χ1v) is 11.4. The molecule has 5 rings (SSSR count). The molecule has 0 bridgehead atoms. The zero-order valence-electron chi connectivity index (χ0n) is 19.2. The first-order valence-electron chi connectivity index (χ1n) is 11.4. The van der Waals surface area contributed by atoms with Gasteiger partial charge in [0.05, 0.1) is 7.11 Å². The van der Waals surface area contributed by atoms with Crippen molar-refractivity contribution in [1.29, 1.82) is 0 Å². The van der Waals surface area contributed by atoms with Crippen LogP contribution >= 0.6 is 0 Å². The Hall–Kier alpha value is -4.21. The van der Waals surface area contributed by atoms with Gasteiger partial charge in [-0.25, -0.2) is 9.07 Å². The molecule has 3 amide bonds. The maximum absolute atomic E-state index is 13.8. The number of rotatable bonds is 5. The molecule has 2 N–H and O–H groups in total. The van der Waals surface area contributed by atoms with Gasteiger partial charge in [-0.3, -0.25) is 14.4 Å². The summed E-state index contributed by atoms with van der Waals surface area (Å²) in [7, 11) is 1.38. The number of primary amides is 1. The number of benzene rings is 2. The van der Waals surface area contributed by atoms with Crippen LogP contribution in [0.4, 0.5) is 15.8 Å². The molecule has 2 aliphatic heterocycles. The van der Waals surface area contributed by atoms with E-state index in [1.165, 1.54) is 30.0 Å². The van der Waals surface area contributed by atoms with Crippen molar-refractivity contribution in [2.24, 2.45) is 5.73 Å². The fourth-order valence-corrected chi connectivity index (χ4v) is 4.70. The Morgan fingerprint density at radius 2 is 1.71 bits per heavy atom. The summed E-state index contributed by atoms with van der Waals surface area (Å²) in [6, 6.07) is 11.1. The number of ether oxygens (including phenoxy) is 1. The molecule has 2 aromatic carbocycles. The second-order valence-electron chi connectivity index (χ2n) is 8.49. The fourth-order valence-electron chi connectivity index (χ4n) is 4.70. The van der Waals surface area contributed by atoms with E-state index in [2.05, 4.69) is 5.10 Å². The van der Waals surface area contributed by atoms with E-state index in [0.717, 1.165) is 18.5 Å². The zero-order chi connectivity index (χ0) is 24.7. The topological polar surface area (TPSA) is 111 Å². The number of hydrogen-bond acceptors (Lipinski definition) is 5. The van der Waals surface area contributed by atoms with E-state index in [9.17, 15) is 18.8 Å². The Balaban J connectivity index is 1.53. The van der Waals surface area contributed by atoms with Crippen molar-refractivity contribution in [2.45, 2.75) is 25.7 Å². The largest absolute Gasteiger partial charge is 0.494 e. The van der Waals surface area contributed by atoms with Gasteiger partial charge in [-0.15, -0.1) is 0 Å². The van der Waals surface area contributed by atoms with Crippen molar-refractivity contribution in [3.63, 3.8) is 0 Å². The van der Waals surface area contributed by atoms with E-state index < -0.39 is 11.7 Å². The highest BCUT2D eigenvalue weighted by molar-refractivity contribution is 6.09. The minimum absolute atomic E-state index is 0.00154. The summed E-state index contributed by atoms with van der Waals surface area (Å²) in [6.07, 6.45) is 2.75. The normalized spacial score (nSPS) is 15.8. The monoisotopic (exact) mass is 477 g/mol. The van der Waals surface area contributed by atoms with E-state index in [0.29, 0.717) is 42.9 Å². The Morgan fingerprint density at radius 1 is 1.00 bits per heavy atom. The number of hydrogen-bond donors (Lipinski definition) is 1. The highest BCUT2D eigenvalue weighted by Crippen LogP contribution is 2.33. The number of aromatic nitrogens is 2. The third-order valence-corrected chi connectivity index (χ3v) is 6.42. The third-order valence-electron chi connectivity index (χ3n) is 6.42. The van der Waals surface area contributed by atoms with Gasteiger partial charge in [0.15, 0.2) is 5.69 Å². The molecule has 0 saturated carbocycles. The Labute approximate surface area is 200 Å². The zero-order valence-corrected chi connectivity index (χ0v) is 19.2. The first-order chi connectivity index (χ1) is 16.9. The van der Waals surface area contributed by atoms with Crippen LogP contribution < -0.4 is 20.3 Å². The maximum Gasteiger partial charge on any atom is 0.277 e. The van der Waals surface area contributed by atoms with Gasteiger partial charge in [0.1, 0.15) is 22.9 Å². The van der Waals surface area contributed by atoms with Crippen LogP contribution in [-0.2, 0) is 11.2 Å². The SMILES string of the molecule is COc1cc(F)ccc1-n1nc(C(N)=O)c2c1C(=O)N(c1ccc(N3CCCCC3=O)cc1)CC2.